The second-order valence-corrected chi connectivity index (χ2v) is 10.0. The molecule has 2 aliphatic rings. The van der Waals surface area contributed by atoms with Crippen molar-refractivity contribution >= 4 is 35.2 Å². The molecule has 1 aromatic heterocycles. The quantitative estimate of drug-likeness (QED) is 0.444. The van der Waals surface area contributed by atoms with Crippen LogP contribution in [0.25, 0.3) is 17.3 Å². The molecule has 2 fully saturated rings. The van der Waals surface area contributed by atoms with Crippen LogP contribution in [-0.4, -0.2) is 51.8 Å². The van der Waals surface area contributed by atoms with E-state index in [9.17, 15) is 14.0 Å². The highest BCUT2D eigenvalue weighted by atomic mass is 35.5. The monoisotopic (exact) mass is 518 g/mol. The van der Waals surface area contributed by atoms with Gasteiger partial charge in [-0.1, -0.05) is 29.8 Å². The van der Waals surface area contributed by atoms with Crippen LogP contribution < -0.4 is 5.32 Å². The molecule has 5 rings (SSSR count). The first kappa shape index (κ1) is 25.1. The van der Waals surface area contributed by atoms with Crippen molar-refractivity contribution in [3.05, 3.63) is 88.8 Å². The normalized spacial score (nSPS) is 19.4. The predicted octanol–water partition coefficient (Wildman–Crippen LogP) is 5.39. The number of likely N-dealkylation sites (tertiary alicyclic amines) is 1. The van der Waals surface area contributed by atoms with E-state index in [-0.39, 0.29) is 29.7 Å². The van der Waals surface area contributed by atoms with E-state index >= 15 is 0 Å². The van der Waals surface area contributed by atoms with Gasteiger partial charge in [0.05, 0.1) is 10.7 Å². The third kappa shape index (κ3) is 5.73. The van der Waals surface area contributed by atoms with E-state index in [1.807, 2.05) is 41.3 Å². The number of benzene rings is 2. The molecule has 37 heavy (non-hydrogen) atoms. The Balaban J connectivity index is 1.34. The molecule has 2 aromatic carbocycles. The minimum atomic E-state index is -0.236. The summed E-state index contributed by atoms with van der Waals surface area (Å²) in [5.74, 6) is -0.504. The molecular formula is C29H28ClFN4O2. The lowest BCUT2D eigenvalue weighted by atomic mass is 10.0. The maximum atomic E-state index is 13.3. The van der Waals surface area contributed by atoms with Gasteiger partial charge in [0.2, 0.25) is 11.8 Å². The van der Waals surface area contributed by atoms with Gasteiger partial charge >= 0.3 is 0 Å². The summed E-state index contributed by atoms with van der Waals surface area (Å²) >= 11 is 6.52. The number of hydrogen-bond acceptors (Lipinski definition) is 4. The first-order chi connectivity index (χ1) is 17.9. The molecule has 2 unspecified atom stereocenters. The maximum absolute atomic E-state index is 13.3. The summed E-state index contributed by atoms with van der Waals surface area (Å²) in [7, 11) is 0. The Morgan fingerprint density at radius 3 is 2.49 bits per heavy atom. The summed E-state index contributed by atoms with van der Waals surface area (Å²) in [5, 5.41) is 3.27. The minimum absolute atomic E-state index is 0.0444. The maximum Gasteiger partial charge on any atom is 0.247 e. The van der Waals surface area contributed by atoms with Gasteiger partial charge in [-0.2, -0.15) is 0 Å². The smallest absolute Gasteiger partial charge is 0.247 e. The van der Waals surface area contributed by atoms with Crippen LogP contribution >= 0.6 is 11.6 Å². The number of fused-ring (bicyclic) bond motifs is 2. The van der Waals surface area contributed by atoms with Crippen molar-refractivity contribution in [2.45, 2.75) is 38.4 Å². The first-order valence-corrected chi connectivity index (χ1v) is 12.7. The number of pyridine rings is 1. The molecule has 2 aliphatic heterocycles. The zero-order chi connectivity index (χ0) is 25.9. The van der Waals surface area contributed by atoms with Gasteiger partial charge in [0.25, 0.3) is 0 Å². The Labute approximate surface area is 220 Å². The van der Waals surface area contributed by atoms with Crippen molar-refractivity contribution in [2.24, 2.45) is 0 Å². The molecule has 2 bridgehead atoms. The lowest BCUT2D eigenvalue weighted by Gasteiger charge is -2.40. The number of anilines is 1. The van der Waals surface area contributed by atoms with Gasteiger partial charge in [0.1, 0.15) is 5.82 Å². The topological polar surface area (TPSA) is 65.5 Å². The van der Waals surface area contributed by atoms with Crippen molar-refractivity contribution in [1.82, 2.24) is 14.8 Å². The number of piperazine rings is 1. The van der Waals surface area contributed by atoms with Crippen LogP contribution in [0.15, 0.2) is 66.9 Å². The molecule has 0 spiro atoms. The van der Waals surface area contributed by atoms with Gasteiger partial charge in [-0.25, -0.2) is 4.39 Å². The Kier molecular flexibility index (Phi) is 7.35. The van der Waals surface area contributed by atoms with Gasteiger partial charge in [0, 0.05) is 62.2 Å². The summed E-state index contributed by atoms with van der Waals surface area (Å²) in [6.45, 7) is 3.75. The van der Waals surface area contributed by atoms with Gasteiger partial charge in [-0.15, -0.1) is 0 Å². The molecule has 8 heteroatoms. The molecule has 1 N–H and O–H groups in total. The molecule has 3 aromatic rings. The van der Waals surface area contributed by atoms with Crippen LogP contribution in [0.5, 0.6) is 0 Å². The SMILES string of the molecule is CC(=O)Nc1cc(Cl)c(-c2ccccn2)cc1C=CC(=O)N1C2CCC1CN(Cc1ccc(F)cc1)C2. The number of carbonyl (C=O) groups excluding carboxylic acids is 2. The number of aromatic nitrogens is 1. The van der Waals surface area contributed by atoms with Gasteiger partial charge in [-0.05, 0) is 66.4 Å². The van der Waals surface area contributed by atoms with E-state index < -0.39 is 0 Å². The Morgan fingerprint density at radius 1 is 1.11 bits per heavy atom. The van der Waals surface area contributed by atoms with Gasteiger partial charge in [0.15, 0.2) is 0 Å². The van der Waals surface area contributed by atoms with Crippen molar-refractivity contribution in [2.75, 3.05) is 18.4 Å². The molecule has 0 aliphatic carbocycles. The van der Waals surface area contributed by atoms with Crippen LogP contribution in [0.4, 0.5) is 10.1 Å². The third-order valence-electron chi connectivity index (χ3n) is 6.93. The minimum Gasteiger partial charge on any atom is -0.331 e. The number of amides is 2. The predicted molar refractivity (Wildman–Crippen MR) is 143 cm³/mol. The van der Waals surface area contributed by atoms with E-state index in [2.05, 4.69) is 15.2 Å². The van der Waals surface area contributed by atoms with E-state index in [0.29, 0.717) is 22.0 Å². The van der Waals surface area contributed by atoms with Crippen molar-refractivity contribution in [1.29, 1.82) is 0 Å². The van der Waals surface area contributed by atoms with Crippen molar-refractivity contribution in [3.8, 4) is 11.3 Å². The molecular weight excluding hydrogens is 491 g/mol. The largest absolute Gasteiger partial charge is 0.331 e. The Bertz CT molecular complexity index is 1320. The second-order valence-electron chi connectivity index (χ2n) is 9.60. The van der Waals surface area contributed by atoms with Gasteiger partial charge < -0.3 is 10.2 Å². The molecule has 2 saturated heterocycles. The number of nitrogens with zero attached hydrogens (tertiary/aromatic N) is 3. The highest BCUT2D eigenvalue weighted by Gasteiger charge is 2.41. The fourth-order valence-electron chi connectivity index (χ4n) is 5.32. The number of carbonyl (C=O) groups is 2. The molecule has 190 valence electrons. The summed E-state index contributed by atoms with van der Waals surface area (Å²) in [6.07, 6.45) is 6.94. The summed E-state index contributed by atoms with van der Waals surface area (Å²) in [4.78, 5) is 33.9. The molecule has 0 saturated carbocycles. The highest BCUT2D eigenvalue weighted by molar-refractivity contribution is 6.33. The van der Waals surface area contributed by atoms with E-state index in [4.69, 9.17) is 11.6 Å². The van der Waals surface area contributed by atoms with E-state index in [1.165, 1.54) is 19.1 Å². The zero-order valence-corrected chi connectivity index (χ0v) is 21.3. The molecule has 2 amide bonds. The van der Waals surface area contributed by atoms with Crippen LogP contribution in [-0.2, 0) is 16.1 Å². The third-order valence-corrected chi connectivity index (χ3v) is 7.24. The molecule has 0 radical (unpaired) electrons. The van der Waals surface area contributed by atoms with Crippen LogP contribution in [0.2, 0.25) is 5.02 Å². The van der Waals surface area contributed by atoms with Crippen molar-refractivity contribution in [3.63, 3.8) is 0 Å². The Morgan fingerprint density at radius 2 is 1.84 bits per heavy atom. The fraction of sp³-hybridized carbons (Fsp3) is 0.276. The molecule has 2 atom stereocenters. The fourth-order valence-corrected chi connectivity index (χ4v) is 5.58. The van der Waals surface area contributed by atoms with Crippen LogP contribution in [0.1, 0.15) is 30.9 Å². The molecule has 6 nitrogen and oxygen atoms in total. The van der Waals surface area contributed by atoms with E-state index in [1.54, 1.807) is 24.4 Å². The van der Waals surface area contributed by atoms with Crippen molar-refractivity contribution < 1.29 is 14.0 Å². The Hall–Kier alpha value is -3.55. The van der Waals surface area contributed by atoms with Crippen LogP contribution in [0.3, 0.4) is 0 Å². The summed E-state index contributed by atoms with van der Waals surface area (Å²) in [5.41, 5.74) is 3.71. The first-order valence-electron chi connectivity index (χ1n) is 12.4. The zero-order valence-electron chi connectivity index (χ0n) is 20.5. The lowest BCUT2D eigenvalue weighted by molar-refractivity contribution is -0.131. The number of halogens is 2. The standard InChI is InChI=1S/C29H28ClFN4O2/c1-19(36)33-28-15-26(30)25(27-4-2-3-13-32-27)14-21(28)7-12-29(37)35-23-10-11-24(35)18-34(17-23)16-20-5-8-22(31)9-6-20/h2-9,12-15,23-24H,10-11,16-18H2,1H3,(H,33,36). The van der Waals surface area contributed by atoms with Crippen LogP contribution in [0, 0.1) is 5.82 Å². The van der Waals surface area contributed by atoms with Gasteiger partial charge in [-0.3, -0.25) is 19.5 Å². The second kappa shape index (κ2) is 10.8. The van der Waals surface area contributed by atoms with E-state index in [0.717, 1.165) is 43.6 Å². The summed E-state index contributed by atoms with van der Waals surface area (Å²) in [6, 6.07) is 16.0. The summed E-state index contributed by atoms with van der Waals surface area (Å²) < 4.78 is 13.3. The highest BCUT2D eigenvalue weighted by Crippen LogP contribution is 2.34. The molecule has 3 heterocycles. The average molecular weight is 519 g/mol. The number of rotatable bonds is 6. The average Bonchev–Trinajstić information content (AvgIpc) is 3.15. The lowest BCUT2D eigenvalue weighted by Crippen LogP contribution is -2.55. The number of nitrogens with one attached hydrogen (secondary N) is 1. The number of hydrogen-bond donors (Lipinski definition) is 1.